The van der Waals surface area contributed by atoms with E-state index in [1.54, 1.807) is 0 Å². The number of hydrogen-bond donors (Lipinski definition) is 1. The highest BCUT2D eigenvalue weighted by Crippen LogP contribution is 2.36. The van der Waals surface area contributed by atoms with Crippen molar-refractivity contribution in [3.8, 4) is 11.4 Å². The number of halogens is 1. The molecule has 0 saturated carbocycles. The number of fused-ring (bicyclic) bond motifs is 2. The van der Waals surface area contributed by atoms with E-state index >= 15 is 0 Å². The third-order valence-corrected chi connectivity index (χ3v) is 5.46. The first-order chi connectivity index (χ1) is 13.3. The van der Waals surface area contributed by atoms with Crippen LogP contribution in [-0.2, 0) is 6.42 Å². The minimum Gasteiger partial charge on any atom is -0.376 e. The van der Waals surface area contributed by atoms with Gasteiger partial charge in [0.2, 0.25) is 0 Å². The summed E-state index contributed by atoms with van der Waals surface area (Å²) in [4.78, 5) is 9.75. The summed E-state index contributed by atoms with van der Waals surface area (Å²) < 4.78 is 0. The minimum atomic E-state index is 0.147. The van der Waals surface area contributed by atoms with E-state index in [9.17, 15) is 0 Å². The molecule has 0 spiro atoms. The molecule has 0 aliphatic carbocycles. The fraction of sp³-hybridized carbons (Fsp3) is 0.130. The van der Waals surface area contributed by atoms with E-state index in [1.165, 1.54) is 11.3 Å². The van der Waals surface area contributed by atoms with Gasteiger partial charge in [-0.15, -0.1) is 0 Å². The van der Waals surface area contributed by atoms with Gasteiger partial charge in [0.1, 0.15) is 0 Å². The van der Waals surface area contributed by atoms with E-state index in [0.29, 0.717) is 10.8 Å². The lowest BCUT2D eigenvalue weighted by atomic mass is 9.94. The van der Waals surface area contributed by atoms with E-state index in [-0.39, 0.29) is 6.04 Å². The Hall–Kier alpha value is -2.91. The Kier molecular flexibility index (Phi) is 4.02. The molecule has 2 heterocycles. The summed E-state index contributed by atoms with van der Waals surface area (Å²) in [5.74, 6) is 0.676. The molecule has 0 fully saturated rings. The summed E-state index contributed by atoms with van der Waals surface area (Å²) in [5, 5.41) is 5.43. The number of benzene rings is 3. The number of hydrogen-bond acceptors (Lipinski definition) is 3. The van der Waals surface area contributed by atoms with Crippen LogP contribution < -0.4 is 5.32 Å². The van der Waals surface area contributed by atoms with Crippen LogP contribution >= 0.6 is 11.6 Å². The predicted molar refractivity (Wildman–Crippen MR) is 111 cm³/mol. The second kappa shape index (κ2) is 6.67. The van der Waals surface area contributed by atoms with Crippen molar-refractivity contribution >= 4 is 28.2 Å². The summed E-state index contributed by atoms with van der Waals surface area (Å²) in [6.45, 7) is 0. The summed E-state index contributed by atoms with van der Waals surface area (Å²) in [6, 6.07) is 24.6. The Morgan fingerprint density at radius 1 is 0.852 bits per heavy atom. The van der Waals surface area contributed by atoms with Crippen molar-refractivity contribution in [2.45, 2.75) is 18.9 Å². The number of aryl methyl sites for hydroxylation is 1. The van der Waals surface area contributed by atoms with Gasteiger partial charge < -0.3 is 5.32 Å². The van der Waals surface area contributed by atoms with E-state index < -0.39 is 0 Å². The number of nitrogens with zero attached hydrogens (tertiary/aromatic N) is 2. The molecule has 4 aromatic rings. The van der Waals surface area contributed by atoms with Crippen molar-refractivity contribution in [3.63, 3.8) is 0 Å². The maximum atomic E-state index is 6.42. The second-order valence-electron chi connectivity index (χ2n) is 6.82. The standard InChI is InChI=1S/C23H18ClN3/c24-18-10-4-2-8-16(18)23-26-20-12-6-3-9-17(20)22(27-23)21-14-13-15-7-1-5-11-19(15)25-21/h1-12,21,25H,13-14H2. The Balaban J connectivity index is 1.67. The Bertz CT molecular complexity index is 1140. The molecule has 1 atom stereocenters. The molecule has 0 saturated heterocycles. The first-order valence-electron chi connectivity index (χ1n) is 9.15. The lowest BCUT2D eigenvalue weighted by Crippen LogP contribution is -2.19. The monoisotopic (exact) mass is 371 g/mol. The maximum Gasteiger partial charge on any atom is 0.161 e. The molecule has 0 radical (unpaired) electrons. The quantitative estimate of drug-likeness (QED) is 0.466. The molecule has 0 bridgehead atoms. The van der Waals surface area contributed by atoms with Crippen LogP contribution in [-0.4, -0.2) is 9.97 Å². The van der Waals surface area contributed by atoms with Crippen LogP contribution in [0.15, 0.2) is 72.8 Å². The largest absolute Gasteiger partial charge is 0.376 e. The van der Waals surface area contributed by atoms with Gasteiger partial charge in [-0.2, -0.15) is 0 Å². The molecule has 132 valence electrons. The van der Waals surface area contributed by atoms with Gasteiger partial charge in [0.15, 0.2) is 5.82 Å². The molecule has 27 heavy (non-hydrogen) atoms. The lowest BCUT2D eigenvalue weighted by molar-refractivity contribution is 0.655. The van der Waals surface area contributed by atoms with E-state index in [2.05, 4.69) is 35.6 Å². The average Bonchev–Trinajstić information content (AvgIpc) is 2.73. The average molecular weight is 372 g/mol. The third kappa shape index (κ3) is 2.94. The van der Waals surface area contributed by atoms with Gasteiger partial charge in [-0.05, 0) is 42.7 Å². The second-order valence-corrected chi connectivity index (χ2v) is 7.23. The number of rotatable bonds is 2. The van der Waals surface area contributed by atoms with E-state index in [0.717, 1.165) is 35.0 Å². The predicted octanol–water partition coefficient (Wildman–Crippen LogP) is 6.05. The van der Waals surface area contributed by atoms with Crippen molar-refractivity contribution in [2.24, 2.45) is 0 Å². The fourth-order valence-electron chi connectivity index (χ4n) is 3.77. The van der Waals surface area contributed by atoms with Gasteiger partial charge in [0, 0.05) is 16.6 Å². The molecule has 3 aromatic carbocycles. The van der Waals surface area contributed by atoms with Gasteiger partial charge in [-0.25, -0.2) is 9.97 Å². The van der Waals surface area contributed by atoms with Crippen LogP contribution in [0.2, 0.25) is 5.02 Å². The normalized spacial score (nSPS) is 16.0. The highest BCUT2D eigenvalue weighted by molar-refractivity contribution is 6.33. The number of aromatic nitrogens is 2. The van der Waals surface area contributed by atoms with Crippen LogP contribution in [0.3, 0.4) is 0 Å². The highest BCUT2D eigenvalue weighted by atomic mass is 35.5. The lowest BCUT2D eigenvalue weighted by Gasteiger charge is -2.27. The summed E-state index contributed by atoms with van der Waals surface area (Å²) in [7, 11) is 0. The zero-order valence-electron chi connectivity index (χ0n) is 14.7. The summed E-state index contributed by atoms with van der Waals surface area (Å²) in [6.07, 6.45) is 2.04. The van der Waals surface area contributed by atoms with Gasteiger partial charge in [-0.1, -0.05) is 60.1 Å². The highest BCUT2D eigenvalue weighted by Gasteiger charge is 2.23. The minimum absolute atomic E-state index is 0.147. The Labute approximate surface area is 163 Å². The molecular formula is C23H18ClN3. The summed E-state index contributed by atoms with van der Waals surface area (Å²) in [5.41, 5.74) is 5.39. The molecular weight excluding hydrogens is 354 g/mol. The van der Waals surface area contributed by atoms with E-state index in [1.807, 2.05) is 42.5 Å². The molecule has 0 amide bonds. The smallest absolute Gasteiger partial charge is 0.161 e. The number of para-hydroxylation sites is 2. The fourth-order valence-corrected chi connectivity index (χ4v) is 3.99. The van der Waals surface area contributed by atoms with Crippen molar-refractivity contribution in [2.75, 3.05) is 5.32 Å². The summed E-state index contributed by atoms with van der Waals surface area (Å²) >= 11 is 6.42. The van der Waals surface area contributed by atoms with Gasteiger partial charge >= 0.3 is 0 Å². The SMILES string of the molecule is Clc1ccccc1-c1nc(C2CCc3ccccc3N2)c2ccccc2n1. The van der Waals surface area contributed by atoms with Crippen LogP contribution in [0, 0.1) is 0 Å². The first-order valence-corrected chi connectivity index (χ1v) is 9.53. The number of anilines is 1. The van der Waals surface area contributed by atoms with Crippen LogP contribution in [0.25, 0.3) is 22.3 Å². The zero-order chi connectivity index (χ0) is 18.2. The molecule has 1 aliphatic heterocycles. The molecule has 1 N–H and O–H groups in total. The van der Waals surface area contributed by atoms with Gasteiger partial charge in [0.05, 0.1) is 22.3 Å². The van der Waals surface area contributed by atoms with Crippen molar-refractivity contribution in [1.29, 1.82) is 0 Å². The topological polar surface area (TPSA) is 37.8 Å². The van der Waals surface area contributed by atoms with Crippen molar-refractivity contribution in [3.05, 3.63) is 89.1 Å². The van der Waals surface area contributed by atoms with Crippen molar-refractivity contribution < 1.29 is 0 Å². The molecule has 1 aliphatic rings. The zero-order valence-corrected chi connectivity index (χ0v) is 15.4. The van der Waals surface area contributed by atoms with Crippen LogP contribution in [0.4, 0.5) is 5.69 Å². The first kappa shape index (κ1) is 16.3. The van der Waals surface area contributed by atoms with E-state index in [4.69, 9.17) is 21.6 Å². The Morgan fingerprint density at radius 3 is 2.56 bits per heavy atom. The van der Waals surface area contributed by atoms with Gasteiger partial charge in [-0.3, -0.25) is 0 Å². The third-order valence-electron chi connectivity index (χ3n) is 5.13. The molecule has 3 nitrogen and oxygen atoms in total. The molecule has 1 aromatic heterocycles. The Morgan fingerprint density at radius 2 is 1.63 bits per heavy atom. The number of nitrogens with one attached hydrogen (secondary N) is 1. The van der Waals surface area contributed by atoms with Crippen molar-refractivity contribution in [1.82, 2.24) is 9.97 Å². The van der Waals surface area contributed by atoms with Crippen LogP contribution in [0.5, 0.6) is 0 Å². The maximum absolute atomic E-state index is 6.42. The molecule has 4 heteroatoms. The van der Waals surface area contributed by atoms with Crippen LogP contribution in [0.1, 0.15) is 23.7 Å². The molecule has 5 rings (SSSR count). The van der Waals surface area contributed by atoms with Gasteiger partial charge in [0.25, 0.3) is 0 Å². The molecule has 1 unspecified atom stereocenters.